The Balaban J connectivity index is 1.62. The van der Waals surface area contributed by atoms with Crippen LogP contribution in [0.15, 0.2) is 45.0 Å². The van der Waals surface area contributed by atoms with Crippen molar-refractivity contribution < 1.29 is 42.4 Å². The molecule has 0 saturated carbocycles. The average Bonchev–Trinajstić information content (AvgIpc) is 3.09. The lowest BCUT2D eigenvalue weighted by molar-refractivity contribution is -0.140. The van der Waals surface area contributed by atoms with Gasteiger partial charge < -0.3 is 32.8 Å². The van der Waals surface area contributed by atoms with Gasteiger partial charge in [0.2, 0.25) is 12.2 Å². The van der Waals surface area contributed by atoms with E-state index in [0.717, 1.165) is 0 Å². The highest BCUT2D eigenvalue weighted by Gasteiger charge is 2.51. The van der Waals surface area contributed by atoms with Crippen LogP contribution < -0.4 is 10.4 Å². The van der Waals surface area contributed by atoms with Gasteiger partial charge in [-0.2, -0.15) is 0 Å². The molecule has 2 aliphatic heterocycles. The Morgan fingerprint density at radius 2 is 1.93 bits per heavy atom. The second kappa shape index (κ2) is 7.62. The van der Waals surface area contributed by atoms with E-state index in [0.29, 0.717) is 16.9 Å². The lowest BCUT2D eigenvalue weighted by Gasteiger charge is -2.32. The average molecular weight is 418 g/mol. The molecule has 1 saturated heterocycles. The molecular weight excluding hydrogens is 400 g/mol. The van der Waals surface area contributed by atoms with E-state index in [1.165, 1.54) is 19.2 Å². The van der Waals surface area contributed by atoms with E-state index in [9.17, 15) is 14.4 Å². The van der Waals surface area contributed by atoms with Gasteiger partial charge >= 0.3 is 17.8 Å². The zero-order chi connectivity index (χ0) is 21.4. The number of esters is 1. The van der Waals surface area contributed by atoms with Gasteiger partial charge in [-0.25, -0.2) is 14.4 Å². The summed E-state index contributed by atoms with van der Waals surface area (Å²) < 4.78 is 37.1. The van der Waals surface area contributed by atoms with Crippen molar-refractivity contribution in [1.29, 1.82) is 0 Å². The fourth-order valence-electron chi connectivity index (χ4n) is 3.27. The van der Waals surface area contributed by atoms with Crippen molar-refractivity contribution in [3.8, 4) is 5.75 Å². The fraction of sp³-hybridized carbons (Fsp3) is 0.350. The van der Waals surface area contributed by atoms with E-state index in [2.05, 4.69) is 0 Å². The van der Waals surface area contributed by atoms with Crippen LogP contribution in [0.5, 0.6) is 5.75 Å². The largest absolute Gasteiger partial charge is 0.509 e. The van der Waals surface area contributed by atoms with Gasteiger partial charge in [0.05, 0.1) is 13.7 Å². The Bertz CT molecular complexity index is 1100. The van der Waals surface area contributed by atoms with E-state index < -0.39 is 36.2 Å². The van der Waals surface area contributed by atoms with Crippen LogP contribution in [0, 0.1) is 0 Å². The summed E-state index contributed by atoms with van der Waals surface area (Å²) >= 11 is 0. The molecule has 0 N–H and O–H groups in total. The summed E-state index contributed by atoms with van der Waals surface area (Å²) in [5.74, 6) is 0.249. The summed E-state index contributed by atoms with van der Waals surface area (Å²) in [4.78, 5) is 35.6. The Morgan fingerprint density at radius 3 is 2.67 bits per heavy atom. The molecule has 1 fully saturated rings. The molecule has 0 bridgehead atoms. The molecular formula is C20H18O10. The van der Waals surface area contributed by atoms with Crippen molar-refractivity contribution in [2.24, 2.45) is 0 Å². The van der Waals surface area contributed by atoms with Gasteiger partial charge in [0.25, 0.3) is 6.29 Å². The number of methoxy groups -OCH3 is 1. The highest BCUT2D eigenvalue weighted by atomic mass is 16.8. The molecule has 0 amide bonds. The molecule has 2 aliphatic rings. The van der Waals surface area contributed by atoms with Gasteiger partial charge in [0, 0.05) is 11.5 Å². The first kappa shape index (κ1) is 19.6. The van der Waals surface area contributed by atoms with Crippen LogP contribution in [-0.2, 0) is 23.7 Å². The second-order valence-electron chi connectivity index (χ2n) is 6.47. The molecule has 10 nitrogen and oxygen atoms in total. The molecule has 1 aromatic carbocycles. The van der Waals surface area contributed by atoms with Crippen molar-refractivity contribution in [2.75, 3.05) is 13.7 Å². The highest BCUT2D eigenvalue weighted by molar-refractivity contribution is 5.93. The van der Waals surface area contributed by atoms with Crippen LogP contribution in [0.25, 0.3) is 11.0 Å². The standard InChI is InChI=1S/C20H18O10/c1-4-25-17(21)12-7-10-5-6-11(8-13(10)28-18(12)22)27-19-16-15(29-20(23)30-16)14(24-3)9(2)26-19/h5-8,15-16,19H,4H2,1-3H3/t15-,16-,19?/m0/s1. The Kier molecular flexibility index (Phi) is 4.98. The van der Waals surface area contributed by atoms with Crippen molar-refractivity contribution in [3.05, 3.63) is 51.8 Å². The zero-order valence-corrected chi connectivity index (χ0v) is 16.3. The summed E-state index contributed by atoms with van der Waals surface area (Å²) in [7, 11) is 1.43. The minimum absolute atomic E-state index is 0.138. The number of hydrogen-bond acceptors (Lipinski definition) is 10. The first-order valence-electron chi connectivity index (χ1n) is 9.11. The molecule has 0 radical (unpaired) electrons. The number of carbonyl (C=O) groups excluding carboxylic acids is 2. The first-order chi connectivity index (χ1) is 14.4. The maximum Gasteiger partial charge on any atom is 0.509 e. The lowest BCUT2D eigenvalue weighted by Crippen LogP contribution is -2.45. The zero-order valence-electron chi connectivity index (χ0n) is 16.3. The summed E-state index contributed by atoms with van der Waals surface area (Å²) in [5, 5.41) is 0.501. The molecule has 30 heavy (non-hydrogen) atoms. The number of allylic oxidation sites excluding steroid dienone is 1. The van der Waals surface area contributed by atoms with Crippen molar-refractivity contribution in [3.63, 3.8) is 0 Å². The predicted octanol–water partition coefficient (Wildman–Crippen LogP) is 2.49. The van der Waals surface area contributed by atoms with Crippen molar-refractivity contribution in [2.45, 2.75) is 32.3 Å². The molecule has 0 aliphatic carbocycles. The Hall–Kier alpha value is -3.69. The van der Waals surface area contributed by atoms with Gasteiger partial charge in [-0.15, -0.1) is 0 Å². The summed E-state index contributed by atoms with van der Waals surface area (Å²) in [6, 6.07) is 6.06. The van der Waals surface area contributed by atoms with Crippen LogP contribution in [0.1, 0.15) is 24.2 Å². The molecule has 3 atom stereocenters. The van der Waals surface area contributed by atoms with E-state index in [4.69, 9.17) is 32.8 Å². The van der Waals surface area contributed by atoms with E-state index >= 15 is 0 Å². The molecule has 0 spiro atoms. The van der Waals surface area contributed by atoms with Crippen LogP contribution in [0.4, 0.5) is 4.79 Å². The SMILES string of the molecule is CCOC(=O)c1cc2ccc(OC3OC(C)=C(OC)[C@@H]4OC(=O)O[C@H]34)cc2oc1=O. The molecule has 1 aromatic heterocycles. The molecule has 4 rings (SSSR count). The highest BCUT2D eigenvalue weighted by Crippen LogP contribution is 2.35. The number of rotatable bonds is 5. The van der Waals surface area contributed by atoms with E-state index in [1.54, 1.807) is 26.0 Å². The Labute approximate surface area is 169 Å². The fourth-order valence-corrected chi connectivity index (χ4v) is 3.27. The van der Waals surface area contributed by atoms with Gasteiger partial charge in [0.1, 0.15) is 22.7 Å². The number of fused-ring (bicyclic) bond motifs is 2. The summed E-state index contributed by atoms with van der Waals surface area (Å²) in [6.07, 6.45) is -3.55. The topological polar surface area (TPSA) is 120 Å². The predicted molar refractivity (Wildman–Crippen MR) is 98.8 cm³/mol. The molecule has 3 heterocycles. The lowest BCUT2D eigenvalue weighted by atomic mass is 10.1. The monoisotopic (exact) mass is 418 g/mol. The smallest absolute Gasteiger partial charge is 0.494 e. The van der Waals surface area contributed by atoms with Crippen LogP contribution in [0.2, 0.25) is 0 Å². The minimum atomic E-state index is -1.01. The minimum Gasteiger partial charge on any atom is -0.494 e. The number of benzene rings is 1. The van der Waals surface area contributed by atoms with Crippen molar-refractivity contribution >= 4 is 23.1 Å². The number of ether oxygens (including phenoxy) is 6. The summed E-state index contributed by atoms with van der Waals surface area (Å²) in [5.41, 5.74) is -0.824. The molecule has 10 heteroatoms. The van der Waals surface area contributed by atoms with Crippen molar-refractivity contribution in [1.82, 2.24) is 0 Å². The third kappa shape index (κ3) is 3.40. The third-order valence-corrected chi connectivity index (χ3v) is 4.60. The van der Waals surface area contributed by atoms with Crippen LogP contribution in [0.3, 0.4) is 0 Å². The number of hydrogen-bond donors (Lipinski definition) is 0. The Morgan fingerprint density at radius 1 is 1.13 bits per heavy atom. The third-order valence-electron chi connectivity index (χ3n) is 4.60. The van der Waals surface area contributed by atoms with E-state index in [1.807, 2.05) is 0 Å². The maximum atomic E-state index is 12.1. The maximum absolute atomic E-state index is 12.1. The summed E-state index contributed by atoms with van der Waals surface area (Å²) in [6.45, 7) is 3.43. The quantitative estimate of drug-likeness (QED) is 0.529. The number of carbonyl (C=O) groups is 2. The normalized spacial score (nSPS) is 22.6. The van der Waals surface area contributed by atoms with Gasteiger partial charge in [-0.3, -0.25) is 0 Å². The van der Waals surface area contributed by atoms with Crippen LogP contribution >= 0.6 is 0 Å². The van der Waals surface area contributed by atoms with Gasteiger partial charge in [-0.1, -0.05) is 0 Å². The molecule has 2 aromatic rings. The molecule has 158 valence electrons. The van der Waals surface area contributed by atoms with Crippen LogP contribution in [-0.4, -0.2) is 44.3 Å². The first-order valence-corrected chi connectivity index (χ1v) is 9.11. The van der Waals surface area contributed by atoms with E-state index in [-0.39, 0.29) is 23.5 Å². The van der Waals surface area contributed by atoms with Gasteiger partial charge in [0.15, 0.2) is 5.76 Å². The molecule has 1 unspecified atom stereocenters. The van der Waals surface area contributed by atoms with Gasteiger partial charge in [-0.05, 0) is 32.0 Å². The second-order valence-corrected chi connectivity index (χ2v) is 6.47.